The zero-order chi connectivity index (χ0) is 19.0. The van der Waals surface area contributed by atoms with Crippen LogP contribution in [-0.2, 0) is 9.53 Å². The van der Waals surface area contributed by atoms with Crippen molar-refractivity contribution in [2.45, 2.75) is 19.4 Å². The van der Waals surface area contributed by atoms with E-state index in [1.807, 2.05) is 0 Å². The van der Waals surface area contributed by atoms with Gasteiger partial charge in [-0.05, 0) is 30.2 Å². The molecule has 2 aliphatic rings. The first-order chi connectivity index (χ1) is 12.4. The van der Waals surface area contributed by atoms with Crippen LogP contribution in [0.15, 0.2) is 48.1 Å². The zero-order valence-corrected chi connectivity index (χ0v) is 14.8. The van der Waals surface area contributed by atoms with E-state index in [9.17, 15) is 14.0 Å². The second kappa shape index (κ2) is 6.78. The van der Waals surface area contributed by atoms with Crippen molar-refractivity contribution in [1.82, 2.24) is 4.90 Å². The molecular weight excluding hydrogens is 337 g/mol. The van der Waals surface area contributed by atoms with Gasteiger partial charge in [-0.2, -0.15) is 0 Å². The van der Waals surface area contributed by atoms with Crippen LogP contribution in [0.5, 0.6) is 5.75 Å². The van der Waals surface area contributed by atoms with Crippen molar-refractivity contribution in [2.24, 2.45) is 0 Å². The van der Waals surface area contributed by atoms with E-state index in [2.05, 4.69) is 17.9 Å². The van der Waals surface area contributed by atoms with Crippen molar-refractivity contribution in [2.75, 3.05) is 20.3 Å². The van der Waals surface area contributed by atoms with Crippen LogP contribution in [0.3, 0.4) is 0 Å². The lowest BCUT2D eigenvalue weighted by Gasteiger charge is -2.34. The average Bonchev–Trinajstić information content (AvgIpc) is 2.97. The maximum Gasteiger partial charge on any atom is 0.337 e. The van der Waals surface area contributed by atoms with Crippen LogP contribution in [0.4, 0.5) is 4.39 Å². The number of halogens is 1. The molecular formula is C20H20FNO4. The number of amides is 1. The van der Waals surface area contributed by atoms with E-state index < -0.39 is 17.8 Å². The van der Waals surface area contributed by atoms with E-state index in [1.165, 1.54) is 13.2 Å². The molecule has 2 aliphatic heterocycles. The molecule has 0 bridgehead atoms. The molecule has 0 fully saturated rings. The molecule has 0 saturated carbocycles. The minimum absolute atomic E-state index is 0.0747. The molecule has 5 nitrogen and oxygen atoms in total. The molecule has 136 valence electrons. The summed E-state index contributed by atoms with van der Waals surface area (Å²) < 4.78 is 24.6. The topological polar surface area (TPSA) is 55.8 Å². The number of benzene rings is 1. The van der Waals surface area contributed by atoms with E-state index >= 15 is 0 Å². The molecule has 0 unspecified atom stereocenters. The number of carbonyl (C=O) groups is 2. The summed E-state index contributed by atoms with van der Waals surface area (Å²) in [5, 5.41) is 0. The highest BCUT2D eigenvalue weighted by atomic mass is 19.1. The number of rotatable bonds is 4. The normalized spacial score (nSPS) is 19.1. The quantitative estimate of drug-likeness (QED) is 0.776. The highest BCUT2D eigenvalue weighted by molar-refractivity contribution is 6.02. The monoisotopic (exact) mass is 357 g/mol. The van der Waals surface area contributed by atoms with Gasteiger partial charge in [-0.25, -0.2) is 9.18 Å². The number of esters is 1. The number of nitrogens with zero attached hydrogens (tertiary/aromatic N) is 1. The molecule has 0 radical (unpaired) electrons. The number of carbonyl (C=O) groups excluding carboxylic acids is 2. The van der Waals surface area contributed by atoms with Crippen molar-refractivity contribution in [3.63, 3.8) is 0 Å². The van der Waals surface area contributed by atoms with Gasteiger partial charge in [-0.3, -0.25) is 4.79 Å². The van der Waals surface area contributed by atoms with Crippen molar-refractivity contribution in [3.8, 4) is 5.75 Å². The van der Waals surface area contributed by atoms with Gasteiger partial charge in [0, 0.05) is 24.1 Å². The highest BCUT2D eigenvalue weighted by Crippen LogP contribution is 2.42. The fourth-order valence-electron chi connectivity index (χ4n) is 3.49. The van der Waals surface area contributed by atoms with E-state index in [0.717, 1.165) is 11.6 Å². The van der Waals surface area contributed by atoms with Gasteiger partial charge in [0.15, 0.2) is 11.6 Å². The second-order valence-electron chi connectivity index (χ2n) is 6.34. The number of hydrogen-bond donors (Lipinski definition) is 0. The molecule has 6 heteroatoms. The number of hydrogen-bond acceptors (Lipinski definition) is 4. The first-order valence-electron chi connectivity index (χ1n) is 8.26. The molecule has 1 atom stereocenters. The number of fused-ring (bicyclic) bond motifs is 1. The van der Waals surface area contributed by atoms with Gasteiger partial charge in [-0.15, -0.1) is 0 Å². The van der Waals surface area contributed by atoms with Crippen LogP contribution in [0.25, 0.3) is 0 Å². The lowest BCUT2D eigenvalue weighted by atomic mass is 9.96. The third-order valence-corrected chi connectivity index (χ3v) is 4.68. The lowest BCUT2D eigenvalue weighted by molar-refractivity contribution is -0.128. The molecule has 26 heavy (non-hydrogen) atoms. The Balaban J connectivity index is 2.04. The van der Waals surface area contributed by atoms with Gasteiger partial charge >= 0.3 is 5.97 Å². The summed E-state index contributed by atoms with van der Waals surface area (Å²) >= 11 is 0. The lowest BCUT2D eigenvalue weighted by Crippen LogP contribution is -2.35. The van der Waals surface area contributed by atoms with Crippen LogP contribution in [-0.4, -0.2) is 37.0 Å². The molecule has 3 rings (SSSR count). The molecule has 1 aromatic rings. The van der Waals surface area contributed by atoms with Gasteiger partial charge in [0.05, 0.1) is 25.3 Å². The highest BCUT2D eigenvalue weighted by Gasteiger charge is 2.38. The summed E-state index contributed by atoms with van der Waals surface area (Å²) in [5.41, 5.74) is 2.55. The van der Waals surface area contributed by atoms with E-state index in [0.29, 0.717) is 29.7 Å². The van der Waals surface area contributed by atoms with Crippen LogP contribution in [0.1, 0.15) is 35.3 Å². The van der Waals surface area contributed by atoms with Gasteiger partial charge in [0.2, 0.25) is 0 Å². The van der Waals surface area contributed by atoms with Crippen molar-refractivity contribution in [3.05, 3.63) is 65.0 Å². The van der Waals surface area contributed by atoms with Crippen molar-refractivity contribution < 1.29 is 23.5 Å². The van der Waals surface area contributed by atoms with Gasteiger partial charge in [-0.1, -0.05) is 19.2 Å². The molecule has 0 N–H and O–H groups in total. The van der Waals surface area contributed by atoms with Crippen molar-refractivity contribution in [1.29, 1.82) is 0 Å². The predicted octanol–water partition coefficient (Wildman–Crippen LogP) is 3.34. The molecule has 1 amide bonds. The second-order valence-corrected chi connectivity index (χ2v) is 6.34. The van der Waals surface area contributed by atoms with E-state index in [-0.39, 0.29) is 23.8 Å². The summed E-state index contributed by atoms with van der Waals surface area (Å²) in [7, 11) is 1.23. The molecule has 0 saturated heterocycles. The molecule has 2 heterocycles. The molecule has 0 aliphatic carbocycles. The minimum Gasteiger partial charge on any atom is -0.490 e. The minimum atomic E-state index is -0.642. The largest absolute Gasteiger partial charge is 0.490 e. The molecule has 0 aromatic heterocycles. The predicted molar refractivity (Wildman–Crippen MR) is 94.3 cm³/mol. The summed E-state index contributed by atoms with van der Waals surface area (Å²) in [5.74, 6) is -1.38. The Morgan fingerprint density at radius 2 is 2.19 bits per heavy atom. The Labute approximate surface area is 151 Å². The summed E-state index contributed by atoms with van der Waals surface area (Å²) in [6, 6.07) is 2.22. The van der Waals surface area contributed by atoms with Crippen molar-refractivity contribution >= 4 is 11.9 Å². The fourth-order valence-corrected chi connectivity index (χ4v) is 3.49. The van der Waals surface area contributed by atoms with Gasteiger partial charge < -0.3 is 14.4 Å². The average molecular weight is 357 g/mol. The maximum atomic E-state index is 14.5. The van der Waals surface area contributed by atoms with Crippen LogP contribution in [0.2, 0.25) is 0 Å². The first kappa shape index (κ1) is 17.9. The third-order valence-electron chi connectivity index (χ3n) is 4.68. The smallest absolute Gasteiger partial charge is 0.337 e. The Kier molecular flexibility index (Phi) is 4.68. The zero-order valence-electron chi connectivity index (χ0n) is 14.8. The van der Waals surface area contributed by atoms with Crippen LogP contribution < -0.4 is 4.74 Å². The summed E-state index contributed by atoms with van der Waals surface area (Å²) in [6.45, 7) is 10.1. The van der Waals surface area contributed by atoms with Gasteiger partial charge in [0.1, 0.15) is 0 Å². The van der Waals surface area contributed by atoms with Crippen LogP contribution in [0, 0.1) is 5.82 Å². The fraction of sp³-hybridized carbons (Fsp3) is 0.300. The molecule has 0 spiro atoms. The number of methoxy groups -OCH3 is 1. The van der Waals surface area contributed by atoms with Crippen LogP contribution >= 0.6 is 0 Å². The SMILES string of the molecule is C=CC1=C(C(=C)C)C(=O)N([C@@H]2CCOc3c(F)cc(C(=O)OC)cc32)C1. The Hall–Kier alpha value is -2.89. The summed E-state index contributed by atoms with van der Waals surface area (Å²) in [4.78, 5) is 26.4. The van der Waals surface area contributed by atoms with E-state index in [4.69, 9.17) is 4.74 Å². The molecule has 1 aromatic carbocycles. The Bertz CT molecular complexity index is 856. The first-order valence-corrected chi connectivity index (χ1v) is 8.26. The van der Waals surface area contributed by atoms with E-state index in [1.54, 1.807) is 17.9 Å². The van der Waals surface area contributed by atoms with Gasteiger partial charge in [0.25, 0.3) is 5.91 Å². The number of ether oxygens (including phenoxy) is 2. The maximum absolute atomic E-state index is 14.5. The Morgan fingerprint density at radius 3 is 2.77 bits per heavy atom. The standard InChI is InChI=1S/C20H20FNO4/c1-5-12-10-22(19(23)17(12)11(2)3)16-6-7-26-18-14(16)8-13(9-15(18)21)20(24)25-4/h5,8-9,16H,1-2,6-7,10H2,3-4H3/t16-/m1/s1. The third kappa shape index (κ3) is 2.81. The summed E-state index contributed by atoms with van der Waals surface area (Å²) in [6.07, 6.45) is 2.14. The Morgan fingerprint density at radius 1 is 1.46 bits per heavy atom.